The molecule has 1 amide bonds. The van der Waals surface area contributed by atoms with Crippen LogP contribution in [0.5, 0.6) is 0 Å². The minimum atomic E-state index is 0.153. The number of nitrogens with one attached hydrogen (secondary N) is 1. The lowest BCUT2D eigenvalue weighted by molar-refractivity contribution is -0.122. The second-order valence-corrected chi connectivity index (χ2v) is 5.10. The lowest BCUT2D eigenvalue weighted by Crippen LogP contribution is -2.27. The Hall–Kier alpha value is -0.310. The smallest absolute Gasteiger partial charge is 0.223 e. The van der Waals surface area contributed by atoms with Crippen LogP contribution in [0.15, 0.2) is 11.1 Å². The first-order valence-corrected chi connectivity index (χ1v) is 4.84. The van der Waals surface area contributed by atoms with Crippen molar-refractivity contribution in [3.63, 3.8) is 0 Å². The third-order valence-corrected chi connectivity index (χ3v) is 2.56. The van der Waals surface area contributed by atoms with Crippen molar-refractivity contribution in [2.24, 2.45) is 11.3 Å². The molecule has 3 heteroatoms. The van der Waals surface area contributed by atoms with Crippen molar-refractivity contribution in [2.45, 2.75) is 20.3 Å². The molecule has 1 fully saturated rings. The van der Waals surface area contributed by atoms with E-state index >= 15 is 0 Å². The van der Waals surface area contributed by atoms with Gasteiger partial charge in [-0.2, -0.15) is 0 Å². The number of carbonyl (C=O) groups excluding carboxylic acids is 1. The summed E-state index contributed by atoms with van der Waals surface area (Å²) in [7, 11) is 0. The SMILES string of the molecule is C=C(Br)CNC(=O)C1CC1(C)C. The molecule has 1 rings (SSSR count). The van der Waals surface area contributed by atoms with Crippen LogP contribution in [-0.4, -0.2) is 12.5 Å². The average molecular weight is 232 g/mol. The summed E-state index contributed by atoms with van der Waals surface area (Å²) in [5.41, 5.74) is 0.220. The second-order valence-electron chi connectivity index (χ2n) is 3.98. The van der Waals surface area contributed by atoms with Crippen molar-refractivity contribution in [1.29, 1.82) is 0 Å². The molecule has 1 aliphatic rings. The molecule has 0 radical (unpaired) electrons. The van der Waals surface area contributed by atoms with E-state index in [0.29, 0.717) is 6.54 Å². The van der Waals surface area contributed by atoms with Gasteiger partial charge in [0.05, 0.1) is 0 Å². The van der Waals surface area contributed by atoms with Gasteiger partial charge in [-0.1, -0.05) is 36.4 Å². The maximum absolute atomic E-state index is 11.4. The zero-order valence-corrected chi connectivity index (χ0v) is 9.07. The Balaban J connectivity index is 2.27. The van der Waals surface area contributed by atoms with Gasteiger partial charge in [-0.25, -0.2) is 0 Å². The van der Waals surface area contributed by atoms with Crippen LogP contribution in [0.3, 0.4) is 0 Å². The zero-order chi connectivity index (χ0) is 9.35. The van der Waals surface area contributed by atoms with Crippen molar-refractivity contribution < 1.29 is 4.79 Å². The standard InChI is InChI=1S/C9H14BrNO/c1-6(10)5-11-8(12)7-4-9(7,2)3/h7H,1,4-5H2,2-3H3,(H,11,12). The van der Waals surface area contributed by atoms with Crippen molar-refractivity contribution >= 4 is 21.8 Å². The molecule has 0 aromatic carbocycles. The fourth-order valence-electron chi connectivity index (χ4n) is 1.22. The summed E-state index contributed by atoms with van der Waals surface area (Å²) in [6.45, 7) is 8.40. The first-order chi connectivity index (χ1) is 5.43. The van der Waals surface area contributed by atoms with E-state index in [1.165, 1.54) is 0 Å². The van der Waals surface area contributed by atoms with Crippen LogP contribution in [0.25, 0.3) is 0 Å². The molecule has 0 saturated heterocycles. The summed E-state index contributed by atoms with van der Waals surface area (Å²) < 4.78 is 0.814. The molecule has 0 aromatic rings. The van der Waals surface area contributed by atoms with Crippen LogP contribution < -0.4 is 5.32 Å². The molecule has 0 bridgehead atoms. The summed E-state index contributed by atoms with van der Waals surface area (Å²) >= 11 is 3.19. The number of hydrogen-bond acceptors (Lipinski definition) is 1. The number of hydrogen-bond donors (Lipinski definition) is 1. The summed E-state index contributed by atoms with van der Waals surface area (Å²) in [5, 5.41) is 2.81. The van der Waals surface area contributed by atoms with Gasteiger partial charge in [0.25, 0.3) is 0 Å². The molecule has 2 nitrogen and oxygen atoms in total. The third-order valence-electron chi connectivity index (χ3n) is 2.28. The molecule has 12 heavy (non-hydrogen) atoms. The van der Waals surface area contributed by atoms with Crippen molar-refractivity contribution in [1.82, 2.24) is 5.32 Å². The molecule has 0 aromatic heterocycles. The molecule has 1 aliphatic carbocycles. The highest BCUT2D eigenvalue weighted by Gasteiger charge is 2.50. The number of halogens is 1. The van der Waals surface area contributed by atoms with E-state index in [1.807, 2.05) is 0 Å². The number of amides is 1. The molecule has 0 spiro atoms. The van der Waals surface area contributed by atoms with Crippen molar-refractivity contribution in [3.05, 3.63) is 11.1 Å². The van der Waals surface area contributed by atoms with E-state index in [2.05, 4.69) is 41.7 Å². The Morgan fingerprint density at radius 3 is 2.58 bits per heavy atom. The van der Waals surface area contributed by atoms with Crippen LogP contribution in [0.1, 0.15) is 20.3 Å². The molecule has 0 aliphatic heterocycles. The number of rotatable bonds is 3. The van der Waals surface area contributed by atoms with Gasteiger partial charge in [0.1, 0.15) is 0 Å². The zero-order valence-electron chi connectivity index (χ0n) is 7.48. The van der Waals surface area contributed by atoms with E-state index in [-0.39, 0.29) is 17.2 Å². The van der Waals surface area contributed by atoms with Crippen LogP contribution in [-0.2, 0) is 4.79 Å². The average Bonchev–Trinajstić information content (AvgIpc) is 2.55. The Labute approximate surface area is 81.5 Å². The van der Waals surface area contributed by atoms with Crippen LogP contribution in [0, 0.1) is 11.3 Å². The number of carbonyl (C=O) groups is 1. The summed E-state index contributed by atoms with van der Waals surface area (Å²) in [4.78, 5) is 11.4. The van der Waals surface area contributed by atoms with E-state index in [9.17, 15) is 4.79 Å². The summed E-state index contributed by atoms with van der Waals surface area (Å²) in [5.74, 6) is 0.366. The van der Waals surface area contributed by atoms with E-state index < -0.39 is 0 Å². The highest BCUT2D eigenvalue weighted by Crippen LogP contribution is 2.51. The second kappa shape index (κ2) is 3.21. The first-order valence-electron chi connectivity index (χ1n) is 4.04. The largest absolute Gasteiger partial charge is 0.351 e. The topological polar surface area (TPSA) is 29.1 Å². The Morgan fingerprint density at radius 1 is 1.75 bits per heavy atom. The fourth-order valence-corrected chi connectivity index (χ4v) is 1.36. The molecule has 0 heterocycles. The Bertz CT molecular complexity index is 223. The van der Waals surface area contributed by atoms with Crippen LogP contribution in [0.2, 0.25) is 0 Å². The fraction of sp³-hybridized carbons (Fsp3) is 0.667. The van der Waals surface area contributed by atoms with Crippen molar-refractivity contribution in [2.75, 3.05) is 6.54 Å². The highest BCUT2D eigenvalue weighted by molar-refractivity contribution is 9.11. The molecule has 1 saturated carbocycles. The molecule has 68 valence electrons. The van der Waals surface area contributed by atoms with E-state index in [0.717, 1.165) is 10.9 Å². The van der Waals surface area contributed by atoms with Crippen LogP contribution >= 0.6 is 15.9 Å². The van der Waals surface area contributed by atoms with Gasteiger partial charge in [0, 0.05) is 16.9 Å². The van der Waals surface area contributed by atoms with Gasteiger partial charge < -0.3 is 5.32 Å². The van der Waals surface area contributed by atoms with E-state index in [4.69, 9.17) is 0 Å². The maximum Gasteiger partial charge on any atom is 0.223 e. The van der Waals surface area contributed by atoms with Gasteiger partial charge in [-0.15, -0.1) is 0 Å². The molecule has 1 unspecified atom stereocenters. The minimum absolute atomic E-state index is 0.153. The quantitative estimate of drug-likeness (QED) is 0.792. The minimum Gasteiger partial charge on any atom is -0.351 e. The summed E-state index contributed by atoms with van der Waals surface area (Å²) in [6, 6.07) is 0. The van der Waals surface area contributed by atoms with Gasteiger partial charge >= 0.3 is 0 Å². The third kappa shape index (κ3) is 2.34. The monoisotopic (exact) mass is 231 g/mol. The first kappa shape index (κ1) is 9.78. The Morgan fingerprint density at radius 2 is 2.25 bits per heavy atom. The van der Waals surface area contributed by atoms with E-state index in [1.54, 1.807) is 0 Å². The molecular formula is C9H14BrNO. The normalized spacial score (nSPS) is 24.8. The lowest BCUT2D eigenvalue weighted by Gasteiger charge is -2.04. The van der Waals surface area contributed by atoms with Crippen LogP contribution in [0.4, 0.5) is 0 Å². The predicted molar refractivity (Wildman–Crippen MR) is 53.0 cm³/mol. The van der Waals surface area contributed by atoms with Crippen molar-refractivity contribution in [3.8, 4) is 0 Å². The maximum atomic E-state index is 11.4. The highest BCUT2D eigenvalue weighted by atomic mass is 79.9. The predicted octanol–water partition coefficient (Wildman–Crippen LogP) is 2.06. The molecule has 1 atom stereocenters. The Kier molecular flexibility index (Phi) is 2.61. The lowest BCUT2D eigenvalue weighted by atomic mass is 10.1. The van der Waals surface area contributed by atoms with Gasteiger partial charge in [-0.3, -0.25) is 4.79 Å². The summed E-state index contributed by atoms with van der Waals surface area (Å²) in [6.07, 6.45) is 1.01. The van der Waals surface area contributed by atoms with Gasteiger partial charge in [-0.05, 0) is 11.8 Å². The van der Waals surface area contributed by atoms with Gasteiger partial charge in [0.15, 0.2) is 0 Å². The molecule has 1 N–H and O–H groups in total. The van der Waals surface area contributed by atoms with Gasteiger partial charge in [0.2, 0.25) is 5.91 Å². The molecular weight excluding hydrogens is 218 g/mol.